The van der Waals surface area contributed by atoms with Crippen LogP contribution < -0.4 is 10.5 Å². The predicted molar refractivity (Wildman–Crippen MR) is 130 cm³/mol. The Kier molecular flexibility index (Phi) is 5.88. The Morgan fingerprint density at radius 3 is 2.76 bits per heavy atom. The summed E-state index contributed by atoms with van der Waals surface area (Å²) in [6.07, 6.45) is 3.16. The van der Waals surface area contributed by atoms with Crippen molar-refractivity contribution >= 4 is 22.6 Å². The van der Waals surface area contributed by atoms with Crippen LogP contribution in [-0.4, -0.2) is 17.6 Å². The molecule has 0 amide bonds. The lowest BCUT2D eigenvalue weighted by molar-refractivity contribution is -0.142. The van der Waals surface area contributed by atoms with Gasteiger partial charge < -0.3 is 15.2 Å². The van der Waals surface area contributed by atoms with E-state index in [1.54, 1.807) is 19.2 Å². The molecular weight excluding hydrogens is 431 g/mol. The molecule has 34 heavy (non-hydrogen) atoms. The van der Waals surface area contributed by atoms with Gasteiger partial charge in [-0.1, -0.05) is 30.3 Å². The van der Waals surface area contributed by atoms with Crippen LogP contribution in [-0.2, 0) is 22.4 Å². The van der Waals surface area contributed by atoms with Crippen LogP contribution in [0.2, 0.25) is 0 Å². The third-order valence-electron chi connectivity index (χ3n) is 6.24. The molecular formula is C28H25FN2O3. The Balaban J connectivity index is 1.46. The van der Waals surface area contributed by atoms with Crippen LogP contribution in [0.5, 0.6) is 5.75 Å². The summed E-state index contributed by atoms with van der Waals surface area (Å²) < 4.78 is 25.4. The number of rotatable bonds is 6. The number of carbonyl (C=O) groups excluding carboxylic acids is 1. The van der Waals surface area contributed by atoms with Crippen LogP contribution in [0.25, 0.3) is 21.9 Å². The summed E-state index contributed by atoms with van der Waals surface area (Å²) in [5.41, 5.74) is 11.1. The molecule has 0 radical (unpaired) electrons. The van der Waals surface area contributed by atoms with Gasteiger partial charge in [0, 0.05) is 23.2 Å². The standard InChI is InChI=1S/C28H25FN2O3/c1-2-33-27(32)15-21-7-9-22(29)16-26(21)34-25-10-8-17-3-5-19(13-23(17)25)20-6-4-18-11-12-31-28(30)24(18)14-20/h3-7,9,11-14,16,25H,2,8,10,15H2,1H3,(H2,30,31)/t25-/m1/s1. The predicted octanol–water partition coefficient (Wildman–Crippen LogP) is 5.80. The molecule has 5 nitrogen and oxygen atoms in total. The van der Waals surface area contributed by atoms with Gasteiger partial charge in [0.25, 0.3) is 0 Å². The van der Waals surface area contributed by atoms with E-state index in [1.165, 1.54) is 17.7 Å². The monoisotopic (exact) mass is 456 g/mol. The number of hydrogen-bond acceptors (Lipinski definition) is 5. The van der Waals surface area contributed by atoms with Crippen LogP contribution in [0.3, 0.4) is 0 Å². The SMILES string of the molecule is CCOC(=O)Cc1ccc(F)cc1O[C@@H]1CCc2ccc(-c3ccc4ccnc(N)c4c3)cc21. The molecule has 5 rings (SSSR count). The quantitative estimate of drug-likeness (QED) is 0.372. The molecule has 0 saturated carbocycles. The lowest BCUT2D eigenvalue weighted by atomic mass is 9.98. The van der Waals surface area contributed by atoms with Gasteiger partial charge in [-0.05, 0) is 71.7 Å². The van der Waals surface area contributed by atoms with Gasteiger partial charge in [0.05, 0.1) is 13.0 Å². The zero-order chi connectivity index (χ0) is 23.7. The van der Waals surface area contributed by atoms with E-state index in [2.05, 4.69) is 29.2 Å². The van der Waals surface area contributed by atoms with Crippen LogP contribution in [0.15, 0.2) is 66.9 Å². The smallest absolute Gasteiger partial charge is 0.310 e. The van der Waals surface area contributed by atoms with E-state index in [4.69, 9.17) is 15.2 Å². The topological polar surface area (TPSA) is 74.4 Å². The molecule has 1 heterocycles. The zero-order valence-electron chi connectivity index (χ0n) is 18.9. The molecule has 2 N–H and O–H groups in total. The molecule has 0 fully saturated rings. The molecule has 0 spiro atoms. The lowest BCUT2D eigenvalue weighted by Crippen LogP contribution is -2.11. The highest BCUT2D eigenvalue weighted by atomic mass is 19.1. The molecule has 1 aliphatic rings. The molecule has 1 atom stereocenters. The van der Waals surface area contributed by atoms with E-state index in [1.807, 2.05) is 18.2 Å². The van der Waals surface area contributed by atoms with Gasteiger partial charge in [-0.3, -0.25) is 4.79 Å². The summed E-state index contributed by atoms with van der Waals surface area (Å²) in [7, 11) is 0. The highest BCUT2D eigenvalue weighted by Crippen LogP contribution is 2.39. The number of nitrogen functional groups attached to an aromatic ring is 1. The summed E-state index contributed by atoms with van der Waals surface area (Å²) in [6.45, 7) is 2.05. The van der Waals surface area contributed by atoms with Crippen molar-refractivity contribution < 1.29 is 18.7 Å². The Labute approximate surface area is 197 Å². The first-order valence-corrected chi connectivity index (χ1v) is 11.4. The molecule has 3 aromatic carbocycles. The number of pyridine rings is 1. The summed E-state index contributed by atoms with van der Waals surface area (Å²) in [5, 5.41) is 1.95. The number of aryl methyl sites for hydroxylation is 1. The Morgan fingerprint density at radius 2 is 1.91 bits per heavy atom. The molecule has 0 saturated heterocycles. The first-order valence-electron chi connectivity index (χ1n) is 11.4. The van der Waals surface area contributed by atoms with Crippen LogP contribution in [0.4, 0.5) is 10.2 Å². The van der Waals surface area contributed by atoms with E-state index in [-0.39, 0.29) is 18.5 Å². The Hall–Kier alpha value is -3.93. The van der Waals surface area contributed by atoms with E-state index >= 15 is 0 Å². The number of aromatic nitrogens is 1. The minimum absolute atomic E-state index is 0.0373. The molecule has 6 heteroatoms. The molecule has 4 aromatic rings. The van der Waals surface area contributed by atoms with E-state index in [0.29, 0.717) is 23.7 Å². The number of nitrogens with two attached hydrogens (primary N) is 1. The first-order chi connectivity index (χ1) is 16.5. The third-order valence-corrected chi connectivity index (χ3v) is 6.24. The van der Waals surface area contributed by atoms with Crippen LogP contribution in [0, 0.1) is 5.82 Å². The molecule has 1 aliphatic carbocycles. The number of carbonyl (C=O) groups is 1. The lowest BCUT2D eigenvalue weighted by Gasteiger charge is -2.18. The molecule has 1 aromatic heterocycles. The fraction of sp³-hybridized carbons (Fsp3) is 0.214. The highest BCUT2D eigenvalue weighted by molar-refractivity contribution is 5.94. The minimum Gasteiger partial charge on any atom is -0.485 e. The highest BCUT2D eigenvalue weighted by Gasteiger charge is 2.26. The summed E-state index contributed by atoms with van der Waals surface area (Å²) in [6, 6.07) is 18.7. The number of esters is 1. The summed E-state index contributed by atoms with van der Waals surface area (Å²) >= 11 is 0. The largest absolute Gasteiger partial charge is 0.485 e. The third kappa shape index (κ3) is 4.31. The van der Waals surface area contributed by atoms with E-state index < -0.39 is 5.82 Å². The molecule has 0 unspecified atom stereocenters. The minimum atomic E-state index is -0.406. The molecule has 172 valence electrons. The van der Waals surface area contributed by atoms with Crippen molar-refractivity contribution in [2.24, 2.45) is 0 Å². The average Bonchev–Trinajstić information content (AvgIpc) is 3.23. The number of anilines is 1. The van der Waals surface area contributed by atoms with Gasteiger partial charge >= 0.3 is 5.97 Å². The second-order valence-electron chi connectivity index (χ2n) is 8.42. The number of ether oxygens (including phenoxy) is 2. The van der Waals surface area contributed by atoms with Gasteiger partial charge in [0.15, 0.2) is 0 Å². The Morgan fingerprint density at radius 1 is 1.09 bits per heavy atom. The second kappa shape index (κ2) is 9.14. The molecule has 0 bridgehead atoms. The fourth-order valence-electron chi connectivity index (χ4n) is 4.54. The van der Waals surface area contributed by atoms with E-state index in [0.717, 1.165) is 40.3 Å². The van der Waals surface area contributed by atoms with Crippen molar-refractivity contribution in [2.45, 2.75) is 32.3 Å². The maximum Gasteiger partial charge on any atom is 0.310 e. The maximum atomic E-state index is 14.0. The van der Waals surface area contributed by atoms with Crippen molar-refractivity contribution in [1.29, 1.82) is 0 Å². The average molecular weight is 457 g/mol. The fourth-order valence-corrected chi connectivity index (χ4v) is 4.54. The second-order valence-corrected chi connectivity index (χ2v) is 8.42. The number of hydrogen-bond donors (Lipinski definition) is 1. The summed E-state index contributed by atoms with van der Waals surface area (Å²) in [5.74, 6) is 0.109. The van der Waals surface area contributed by atoms with Gasteiger partial charge in [0.2, 0.25) is 0 Å². The number of fused-ring (bicyclic) bond motifs is 2. The zero-order valence-corrected chi connectivity index (χ0v) is 18.9. The van der Waals surface area contributed by atoms with Gasteiger partial charge in [-0.2, -0.15) is 0 Å². The van der Waals surface area contributed by atoms with Crippen molar-refractivity contribution in [3.8, 4) is 16.9 Å². The maximum absolute atomic E-state index is 14.0. The normalized spacial score (nSPS) is 14.7. The van der Waals surface area contributed by atoms with Gasteiger partial charge in [0.1, 0.15) is 23.5 Å². The van der Waals surface area contributed by atoms with Gasteiger partial charge in [-0.15, -0.1) is 0 Å². The van der Waals surface area contributed by atoms with E-state index in [9.17, 15) is 9.18 Å². The number of benzene rings is 3. The van der Waals surface area contributed by atoms with Crippen molar-refractivity contribution in [3.63, 3.8) is 0 Å². The van der Waals surface area contributed by atoms with Crippen molar-refractivity contribution in [2.75, 3.05) is 12.3 Å². The molecule has 0 aliphatic heterocycles. The van der Waals surface area contributed by atoms with Crippen LogP contribution in [0.1, 0.15) is 36.1 Å². The van der Waals surface area contributed by atoms with Crippen molar-refractivity contribution in [1.82, 2.24) is 4.98 Å². The number of nitrogens with zero attached hydrogens (tertiary/aromatic N) is 1. The number of halogens is 1. The van der Waals surface area contributed by atoms with Crippen molar-refractivity contribution in [3.05, 3.63) is 89.4 Å². The van der Waals surface area contributed by atoms with Crippen LogP contribution >= 0.6 is 0 Å². The Bertz CT molecular complexity index is 1390. The first kappa shape index (κ1) is 21.9. The van der Waals surface area contributed by atoms with Gasteiger partial charge in [-0.25, -0.2) is 9.37 Å². The summed E-state index contributed by atoms with van der Waals surface area (Å²) in [4.78, 5) is 16.2.